The number of thioether (sulfide) groups is 1. The standard InChI is InChI=1S/C28H26N2O5S2/c31-22(15-18-4-3-6-19(14-18)25-16-20-5-1-2-7-24(20)35-25)10-8-21-9-11-26(32)30(21)12-13-36-28-29-23(17-37-28)27(33)34/h1-8,10,14,16-17,21-22,31H,9,11-13,15H2,(H,33,34)/t21-,22+/m0/s1. The molecule has 4 aromatic rings. The normalized spacial score (nSPS) is 16.7. The van der Waals surface area contributed by atoms with E-state index >= 15 is 0 Å². The van der Waals surface area contributed by atoms with Gasteiger partial charge in [-0.25, -0.2) is 9.78 Å². The van der Waals surface area contributed by atoms with E-state index < -0.39 is 12.1 Å². The number of para-hydroxylation sites is 1. The molecule has 2 aromatic heterocycles. The fraction of sp³-hybridized carbons (Fsp3) is 0.250. The third kappa shape index (κ3) is 6.12. The highest BCUT2D eigenvalue weighted by Crippen LogP contribution is 2.29. The van der Waals surface area contributed by atoms with Crippen molar-refractivity contribution in [2.45, 2.75) is 35.7 Å². The number of aromatic nitrogens is 1. The highest BCUT2D eigenvalue weighted by atomic mass is 32.2. The summed E-state index contributed by atoms with van der Waals surface area (Å²) in [4.78, 5) is 29.3. The number of carboxylic acids is 1. The third-order valence-corrected chi connectivity index (χ3v) is 8.27. The van der Waals surface area contributed by atoms with E-state index in [2.05, 4.69) is 4.98 Å². The number of aliphatic hydroxyl groups excluding tert-OH is 1. The van der Waals surface area contributed by atoms with E-state index in [-0.39, 0.29) is 17.6 Å². The van der Waals surface area contributed by atoms with Crippen molar-refractivity contribution < 1.29 is 24.2 Å². The molecule has 190 valence electrons. The van der Waals surface area contributed by atoms with Gasteiger partial charge in [-0.3, -0.25) is 4.79 Å². The smallest absolute Gasteiger partial charge is 0.355 e. The molecule has 0 aliphatic carbocycles. The zero-order valence-corrected chi connectivity index (χ0v) is 21.6. The summed E-state index contributed by atoms with van der Waals surface area (Å²) in [6, 6.07) is 17.8. The van der Waals surface area contributed by atoms with Crippen molar-refractivity contribution >= 4 is 45.9 Å². The van der Waals surface area contributed by atoms with Crippen LogP contribution in [0.25, 0.3) is 22.3 Å². The van der Waals surface area contributed by atoms with E-state index in [9.17, 15) is 14.7 Å². The Morgan fingerprint density at radius 3 is 2.92 bits per heavy atom. The lowest BCUT2D eigenvalue weighted by Crippen LogP contribution is -2.33. The minimum absolute atomic E-state index is 0.0441. The number of benzene rings is 2. The maximum absolute atomic E-state index is 12.4. The highest BCUT2D eigenvalue weighted by Gasteiger charge is 2.28. The number of carbonyl (C=O) groups is 2. The number of fused-ring (bicyclic) bond motifs is 1. The van der Waals surface area contributed by atoms with E-state index in [0.29, 0.717) is 35.9 Å². The number of likely N-dealkylation sites (tertiary alicyclic amines) is 1. The number of thiazole rings is 1. The summed E-state index contributed by atoms with van der Waals surface area (Å²) in [6.07, 6.45) is 4.68. The van der Waals surface area contributed by atoms with Gasteiger partial charge in [0.05, 0.1) is 12.1 Å². The van der Waals surface area contributed by atoms with Gasteiger partial charge in [0.15, 0.2) is 10.0 Å². The molecular formula is C28H26N2O5S2. The van der Waals surface area contributed by atoms with Crippen molar-refractivity contribution in [1.29, 1.82) is 0 Å². The lowest BCUT2D eigenvalue weighted by atomic mass is 10.0. The first-order valence-corrected chi connectivity index (χ1v) is 13.9. The SMILES string of the molecule is O=C(O)c1csc(SCCN2C(=O)CC[C@@H]2C=C[C@@H](O)Cc2cccc(-c3cc4ccccc4o3)c2)n1. The fourth-order valence-corrected chi connectivity index (χ4v) is 6.25. The molecule has 1 aliphatic heterocycles. The topological polar surface area (TPSA) is 104 Å². The summed E-state index contributed by atoms with van der Waals surface area (Å²) in [7, 11) is 0. The molecule has 3 heterocycles. The quantitative estimate of drug-likeness (QED) is 0.205. The summed E-state index contributed by atoms with van der Waals surface area (Å²) in [5.41, 5.74) is 2.85. The molecule has 1 fully saturated rings. The summed E-state index contributed by atoms with van der Waals surface area (Å²) in [5.74, 6) is 0.472. The number of nitrogens with zero attached hydrogens (tertiary/aromatic N) is 2. The molecule has 0 saturated carbocycles. The van der Waals surface area contributed by atoms with Crippen molar-refractivity contribution in [3.63, 3.8) is 0 Å². The fourth-order valence-electron chi connectivity index (χ4n) is 4.44. The second-order valence-electron chi connectivity index (χ2n) is 8.85. The predicted molar refractivity (Wildman–Crippen MR) is 145 cm³/mol. The lowest BCUT2D eigenvalue weighted by Gasteiger charge is -2.22. The Morgan fingerprint density at radius 1 is 1.24 bits per heavy atom. The van der Waals surface area contributed by atoms with Gasteiger partial charge in [-0.1, -0.05) is 60.3 Å². The second-order valence-corrected chi connectivity index (χ2v) is 11.1. The van der Waals surface area contributed by atoms with Gasteiger partial charge in [0, 0.05) is 41.5 Å². The van der Waals surface area contributed by atoms with Gasteiger partial charge in [0.1, 0.15) is 11.3 Å². The molecule has 37 heavy (non-hydrogen) atoms. The van der Waals surface area contributed by atoms with E-state index in [1.165, 1.54) is 28.5 Å². The van der Waals surface area contributed by atoms with Crippen LogP contribution in [0.5, 0.6) is 0 Å². The maximum atomic E-state index is 12.4. The molecule has 5 rings (SSSR count). The Labute approximate surface area is 222 Å². The molecule has 0 bridgehead atoms. The van der Waals surface area contributed by atoms with Gasteiger partial charge in [-0.2, -0.15) is 0 Å². The molecule has 9 heteroatoms. The minimum Gasteiger partial charge on any atom is -0.476 e. The van der Waals surface area contributed by atoms with E-state index in [1.54, 1.807) is 6.08 Å². The minimum atomic E-state index is -1.04. The average Bonchev–Trinajstić information content (AvgIpc) is 3.62. The van der Waals surface area contributed by atoms with Crippen LogP contribution >= 0.6 is 23.1 Å². The predicted octanol–water partition coefficient (Wildman–Crippen LogP) is 5.50. The first kappa shape index (κ1) is 25.3. The van der Waals surface area contributed by atoms with E-state index in [4.69, 9.17) is 9.52 Å². The number of amides is 1. The molecule has 0 unspecified atom stereocenters. The maximum Gasteiger partial charge on any atom is 0.355 e. The Morgan fingerprint density at radius 2 is 2.11 bits per heavy atom. The third-order valence-electron chi connectivity index (χ3n) is 6.27. The summed E-state index contributed by atoms with van der Waals surface area (Å²) < 4.78 is 6.66. The van der Waals surface area contributed by atoms with Crippen molar-refractivity contribution in [3.8, 4) is 11.3 Å². The summed E-state index contributed by atoms with van der Waals surface area (Å²) >= 11 is 2.74. The van der Waals surface area contributed by atoms with Crippen LogP contribution in [0.1, 0.15) is 28.9 Å². The molecule has 2 aromatic carbocycles. The highest BCUT2D eigenvalue weighted by molar-refractivity contribution is 8.01. The summed E-state index contributed by atoms with van der Waals surface area (Å²) in [5, 5.41) is 22.3. The van der Waals surface area contributed by atoms with E-state index in [0.717, 1.165) is 27.9 Å². The van der Waals surface area contributed by atoms with Crippen molar-refractivity contribution in [1.82, 2.24) is 9.88 Å². The number of hydrogen-bond acceptors (Lipinski definition) is 7. The monoisotopic (exact) mass is 534 g/mol. The molecule has 0 spiro atoms. The Kier molecular flexibility index (Phi) is 7.73. The molecule has 1 aliphatic rings. The van der Waals surface area contributed by atoms with Crippen molar-refractivity contribution in [2.24, 2.45) is 0 Å². The number of aromatic carboxylic acids is 1. The van der Waals surface area contributed by atoms with Crippen LogP contribution in [0, 0.1) is 0 Å². The molecule has 2 N–H and O–H groups in total. The van der Waals surface area contributed by atoms with Crippen LogP contribution in [0.2, 0.25) is 0 Å². The van der Waals surface area contributed by atoms with Gasteiger partial charge >= 0.3 is 5.97 Å². The number of furan rings is 1. The van der Waals surface area contributed by atoms with Gasteiger partial charge in [0.2, 0.25) is 5.91 Å². The number of aliphatic hydroxyl groups is 1. The molecule has 7 nitrogen and oxygen atoms in total. The van der Waals surface area contributed by atoms with Crippen LogP contribution in [-0.2, 0) is 11.2 Å². The van der Waals surface area contributed by atoms with Crippen LogP contribution in [-0.4, -0.2) is 56.4 Å². The lowest BCUT2D eigenvalue weighted by molar-refractivity contribution is -0.128. The van der Waals surface area contributed by atoms with Crippen LogP contribution in [0.4, 0.5) is 0 Å². The van der Waals surface area contributed by atoms with Gasteiger partial charge in [-0.05, 0) is 30.2 Å². The van der Waals surface area contributed by atoms with E-state index in [1.807, 2.05) is 65.6 Å². The van der Waals surface area contributed by atoms with Crippen LogP contribution in [0.3, 0.4) is 0 Å². The Balaban J connectivity index is 1.17. The number of hydrogen-bond donors (Lipinski definition) is 2. The zero-order valence-electron chi connectivity index (χ0n) is 19.9. The number of carbonyl (C=O) groups excluding carboxylic acids is 1. The zero-order chi connectivity index (χ0) is 25.8. The van der Waals surface area contributed by atoms with Crippen LogP contribution in [0.15, 0.2) is 80.9 Å². The first-order chi connectivity index (χ1) is 18.0. The molecular weight excluding hydrogens is 508 g/mol. The molecule has 0 radical (unpaired) electrons. The van der Waals surface area contributed by atoms with Crippen molar-refractivity contribution in [2.75, 3.05) is 12.3 Å². The average molecular weight is 535 g/mol. The molecule has 1 saturated heterocycles. The first-order valence-electron chi connectivity index (χ1n) is 12.0. The number of carboxylic acid groups (broad SMARTS) is 1. The largest absolute Gasteiger partial charge is 0.476 e. The molecule has 1 amide bonds. The number of rotatable bonds is 10. The van der Waals surface area contributed by atoms with Crippen molar-refractivity contribution in [3.05, 3.63) is 83.4 Å². The van der Waals surface area contributed by atoms with Gasteiger partial charge in [0.25, 0.3) is 0 Å². The second kappa shape index (κ2) is 11.3. The van der Waals surface area contributed by atoms with Gasteiger partial charge < -0.3 is 19.5 Å². The van der Waals surface area contributed by atoms with Crippen LogP contribution < -0.4 is 0 Å². The Bertz CT molecular complexity index is 1410. The van der Waals surface area contributed by atoms with Gasteiger partial charge in [-0.15, -0.1) is 11.3 Å². The summed E-state index contributed by atoms with van der Waals surface area (Å²) in [6.45, 7) is 0.538. The Hall–Kier alpha value is -3.40. The molecule has 2 atom stereocenters.